The van der Waals surface area contributed by atoms with E-state index in [2.05, 4.69) is 0 Å². The quantitative estimate of drug-likeness (QED) is 0.293. The summed E-state index contributed by atoms with van der Waals surface area (Å²) in [6.45, 7) is 0. The summed E-state index contributed by atoms with van der Waals surface area (Å²) in [7, 11) is 1.76. The molecule has 0 radical (unpaired) electrons. The minimum absolute atomic E-state index is 0. The fraction of sp³-hybridized carbons (Fsp3) is 0.143. The molecule has 0 fully saturated rings. The molecule has 1 aromatic heterocycles. The molecular weight excluding hydrogens is 280 g/mol. The number of aryl methyl sites for hydroxylation is 1. The molecule has 0 N–H and O–H groups in total. The summed E-state index contributed by atoms with van der Waals surface area (Å²) in [5.41, 5.74) is 0.199. The molecule has 0 spiro atoms. The first kappa shape index (κ1) is 14.9. The molecule has 0 saturated carbocycles. The Morgan fingerprint density at radius 2 is 2.17 bits per heavy atom. The number of carbonyl (C=O) groups is 1. The number of hydrogen-bond acceptors (Lipinski definition) is 2. The van der Waals surface area contributed by atoms with Crippen molar-refractivity contribution in [2.75, 3.05) is 0 Å². The Labute approximate surface area is 110 Å². The second kappa shape index (κ2) is 6.82. The van der Waals surface area contributed by atoms with Crippen LogP contribution in [0.15, 0.2) is 24.5 Å². The SMILES string of the molecule is C[n+]1cccc(C(=O)[O-])c1.[I-].[Na+]. The number of carbonyl (C=O) groups excluding carboxylic acids is 1. The minimum atomic E-state index is -1.14. The van der Waals surface area contributed by atoms with Crippen LogP contribution in [0.5, 0.6) is 0 Å². The number of aromatic nitrogens is 1. The van der Waals surface area contributed by atoms with Gasteiger partial charge in [0.25, 0.3) is 0 Å². The fourth-order valence-corrected chi connectivity index (χ4v) is 0.709. The molecule has 0 amide bonds. The average Bonchev–Trinajstić information content (AvgIpc) is 1.88. The molecular formula is C7H7INNaO2. The van der Waals surface area contributed by atoms with E-state index in [0.717, 1.165) is 0 Å². The maximum Gasteiger partial charge on any atom is 1.00 e. The smallest absolute Gasteiger partial charge is 1.00 e. The van der Waals surface area contributed by atoms with Gasteiger partial charge in [0, 0.05) is 6.07 Å². The minimum Gasteiger partial charge on any atom is -1.00 e. The summed E-state index contributed by atoms with van der Waals surface area (Å²) in [5, 5.41) is 10.2. The van der Waals surface area contributed by atoms with Crippen molar-refractivity contribution in [3.63, 3.8) is 0 Å². The molecule has 0 aromatic carbocycles. The Hall–Kier alpha value is 0.350. The van der Waals surface area contributed by atoms with E-state index in [0.29, 0.717) is 0 Å². The zero-order valence-electron chi connectivity index (χ0n) is 6.95. The Kier molecular flexibility index (Phi) is 8.44. The van der Waals surface area contributed by atoms with Gasteiger partial charge >= 0.3 is 29.6 Å². The number of nitrogens with zero attached hydrogens (tertiary/aromatic N) is 1. The van der Waals surface area contributed by atoms with E-state index in [1.807, 2.05) is 0 Å². The predicted molar refractivity (Wildman–Crippen MR) is 31.9 cm³/mol. The summed E-state index contributed by atoms with van der Waals surface area (Å²) >= 11 is 0. The van der Waals surface area contributed by atoms with Crippen molar-refractivity contribution in [3.05, 3.63) is 30.1 Å². The van der Waals surface area contributed by atoms with Crippen molar-refractivity contribution in [2.24, 2.45) is 7.05 Å². The molecule has 3 nitrogen and oxygen atoms in total. The van der Waals surface area contributed by atoms with Crippen LogP contribution in [0.3, 0.4) is 0 Å². The fourth-order valence-electron chi connectivity index (χ4n) is 0.709. The van der Waals surface area contributed by atoms with Crippen LogP contribution in [0.2, 0.25) is 0 Å². The van der Waals surface area contributed by atoms with Gasteiger partial charge in [0.15, 0.2) is 12.4 Å². The molecule has 1 heterocycles. The molecule has 0 atom stereocenters. The number of aromatic carboxylic acids is 1. The molecule has 0 unspecified atom stereocenters. The van der Waals surface area contributed by atoms with E-state index < -0.39 is 5.97 Å². The van der Waals surface area contributed by atoms with Gasteiger partial charge in [-0.1, -0.05) is 0 Å². The third-order valence-electron chi connectivity index (χ3n) is 1.18. The normalized spacial score (nSPS) is 7.75. The molecule has 5 heteroatoms. The molecule has 0 saturated heterocycles. The monoisotopic (exact) mass is 287 g/mol. The van der Waals surface area contributed by atoms with Crippen LogP contribution in [0, 0.1) is 0 Å². The number of carboxylic acid groups (broad SMARTS) is 1. The van der Waals surface area contributed by atoms with Crippen LogP contribution in [-0.4, -0.2) is 5.97 Å². The van der Waals surface area contributed by atoms with Crippen LogP contribution in [-0.2, 0) is 7.05 Å². The largest absolute Gasteiger partial charge is 1.00 e. The van der Waals surface area contributed by atoms with Crippen LogP contribution < -0.4 is 63.2 Å². The van der Waals surface area contributed by atoms with E-state index in [1.165, 1.54) is 12.3 Å². The molecule has 0 bridgehead atoms. The predicted octanol–water partition coefficient (Wildman–Crippen LogP) is -7.12. The van der Waals surface area contributed by atoms with Crippen molar-refractivity contribution < 1.29 is 68.0 Å². The number of hydrogen-bond donors (Lipinski definition) is 0. The van der Waals surface area contributed by atoms with Gasteiger partial charge < -0.3 is 33.9 Å². The second-order valence-electron chi connectivity index (χ2n) is 2.05. The third kappa shape index (κ3) is 4.39. The summed E-state index contributed by atoms with van der Waals surface area (Å²) in [6.07, 6.45) is 3.25. The van der Waals surface area contributed by atoms with E-state index >= 15 is 0 Å². The maximum atomic E-state index is 10.2. The number of carboxylic acids is 1. The standard InChI is InChI=1S/C7H7NO2.HI.Na/c1-8-4-2-3-6(5-8)7(9)10;;/h2-5H,1H3;1H;/q;;+1/p-1. The Bertz CT molecular complexity index is 267. The molecule has 0 aliphatic rings. The van der Waals surface area contributed by atoms with Gasteiger partial charge in [0.05, 0.1) is 11.5 Å². The summed E-state index contributed by atoms with van der Waals surface area (Å²) in [6, 6.07) is 3.15. The van der Waals surface area contributed by atoms with E-state index in [1.54, 1.807) is 23.9 Å². The first-order chi connectivity index (χ1) is 4.70. The molecule has 0 aliphatic carbocycles. The maximum absolute atomic E-state index is 10.2. The number of rotatable bonds is 1. The Morgan fingerprint density at radius 1 is 1.58 bits per heavy atom. The molecule has 60 valence electrons. The molecule has 0 aliphatic heterocycles. The number of pyridine rings is 1. The number of halogens is 1. The topological polar surface area (TPSA) is 44.0 Å². The summed E-state index contributed by atoms with van der Waals surface area (Å²) < 4.78 is 1.66. The summed E-state index contributed by atoms with van der Waals surface area (Å²) in [5.74, 6) is -1.14. The first-order valence-electron chi connectivity index (χ1n) is 2.87. The van der Waals surface area contributed by atoms with Gasteiger partial charge in [-0.3, -0.25) is 0 Å². The van der Waals surface area contributed by atoms with Crippen molar-refractivity contribution >= 4 is 5.97 Å². The van der Waals surface area contributed by atoms with Crippen molar-refractivity contribution in [1.82, 2.24) is 0 Å². The molecule has 12 heavy (non-hydrogen) atoms. The van der Waals surface area contributed by atoms with Gasteiger partial charge in [-0.25, -0.2) is 4.57 Å². The van der Waals surface area contributed by atoms with E-state index in [9.17, 15) is 9.90 Å². The van der Waals surface area contributed by atoms with Crippen molar-refractivity contribution in [1.29, 1.82) is 0 Å². The van der Waals surface area contributed by atoms with Gasteiger partial charge in [0.1, 0.15) is 7.05 Å². The second-order valence-corrected chi connectivity index (χ2v) is 2.05. The van der Waals surface area contributed by atoms with Crippen LogP contribution in [0.4, 0.5) is 0 Å². The molecule has 1 rings (SSSR count). The van der Waals surface area contributed by atoms with Crippen molar-refractivity contribution in [3.8, 4) is 0 Å². The molecule has 1 aromatic rings. The summed E-state index contributed by atoms with van der Waals surface area (Å²) in [4.78, 5) is 10.2. The van der Waals surface area contributed by atoms with Gasteiger partial charge in [0.2, 0.25) is 0 Å². The first-order valence-corrected chi connectivity index (χ1v) is 2.87. The van der Waals surface area contributed by atoms with E-state index in [-0.39, 0.29) is 59.1 Å². The van der Waals surface area contributed by atoms with Crippen LogP contribution in [0.25, 0.3) is 0 Å². The van der Waals surface area contributed by atoms with Crippen LogP contribution in [0.1, 0.15) is 10.4 Å². The Morgan fingerprint density at radius 3 is 2.50 bits per heavy atom. The van der Waals surface area contributed by atoms with Gasteiger partial charge in [-0.05, 0) is 6.07 Å². The van der Waals surface area contributed by atoms with Gasteiger partial charge in [-0.2, -0.15) is 0 Å². The van der Waals surface area contributed by atoms with Gasteiger partial charge in [-0.15, -0.1) is 0 Å². The average molecular weight is 287 g/mol. The zero-order chi connectivity index (χ0) is 7.56. The third-order valence-corrected chi connectivity index (χ3v) is 1.18. The van der Waals surface area contributed by atoms with Crippen LogP contribution >= 0.6 is 0 Å². The Balaban J connectivity index is 0. The van der Waals surface area contributed by atoms with E-state index in [4.69, 9.17) is 0 Å². The zero-order valence-corrected chi connectivity index (χ0v) is 11.1. The van der Waals surface area contributed by atoms with Crippen molar-refractivity contribution in [2.45, 2.75) is 0 Å².